The van der Waals surface area contributed by atoms with Crippen molar-refractivity contribution in [3.8, 4) is 21.8 Å². The van der Waals surface area contributed by atoms with Gasteiger partial charge in [-0.15, -0.1) is 11.3 Å². The molecule has 5 heteroatoms. The molecule has 0 radical (unpaired) electrons. The van der Waals surface area contributed by atoms with Crippen LogP contribution in [0, 0.1) is 0 Å². The van der Waals surface area contributed by atoms with Crippen LogP contribution in [0.1, 0.15) is 30.9 Å². The van der Waals surface area contributed by atoms with E-state index in [1.54, 1.807) is 11.3 Å². The molecule has 0 aliphatic heterocycles. The monoisotopic (exact) mass is 338 g/mol. The molecule has 2 aromatic heterocycles. The van der Waals surface area contributed by atoms with Crippen LogP contribution in [-0.4, -0.2) is 22.5 Å². The van der Waals surface area contributed by atoms with Crippen LogP contribution in [0.15, 0.2) is 41.8 Å². The van der Waals surface area contributed by atoms with Gasteiger partial charge in [-0.05, 0) is 23.4 Å². The summed E-state index contributed by atoms with van der Waals surface area (Å²) in [7, 11) is 0. The van der Waals surface area contributed by atoms with Gasteiger partial charge in [0, 0.05) is 17.5 Å². The fourth-order valence-electron chi connectivity index (χ4n) is 3.10. The smallest absolute Gasteiger partial charge is 0.435 e. The quantitative estimate of drug-likeness (QED) is 0.494. The number of aromatic nitrogens is 2. The number of ether oxygens (including phenoxy) is 1. The predicted molar refractivity (Wildman–Crippen MR) is 95.4 cm³/mol. The van der Waals surface area contributed by atoms with Gasteiger partial charge < -0.3 is 4.74 Å². The molecular formula is C19H18N2O2S. The highest BCUT2D eigenvalue weighted by Crippen LogP contribution is 2.42. The summed E-state index contributed by atoms with van der Waals surface area (Å²) in [5.41, 5.74) is 5.21. The second kappa shape index (κ2) is 6.24. The van der Waals surface area contributed by atoms with Crippen LogP contribution in [0.5, 0.6) is 0 Å². The molecule has 1 aromatic carbocycles. The number of thiophene rings is 1. The maximum Gasteiger partial charge on any atom is 0.435 e. The second-order valence-corrected chi connectivity index (χ2v) is 6.81. The van der Waals surface area contributed by atoms with E-state index in [1.807, 2.05) is 29.6 Å². The van der Waals surface area contributed by atoms with Gasteiger partial charge in [-0.3, -0.25) is 0 Å². The van der Waals surface area contributed by atoms with Crippen LogP contribution in [-0.2, 0) is 11.2 Å². The number of nitrogens with zero attached hydrogens (tertiary/aromatic N) is 2. The number of fused-ring (bicyclic) bond motifs is 3. The number of hydrogen-bond donors (Lipinski definition) is 0. The molecule has 0 atom stereocenters. The zero-order chi connectivity index (χ0) is 16.5. The average Bonchev–Trinajstić information content (AvgIpc) is 3.30. The van der Waals surface area contributed by atoms with Crippen molar-refractivity contribution in [2.24, 2.45) is 0 Å². The highest BCUT2D eigenvalue weighted by atomic mass is 32.1. The first-order chi connectivity index (χ1) is 11.8. The Balaban J connectivity index is 1.80. The van der Waals surface area contributed by atoms with Gasteiger partial charge in [-0.2, -0.15) is 9.78 Å². The highest BCUT2D eigenvalue weighted by molar-refractivity contribution is 7.13. The third-order valence-corrected chi connectivity index (χ3v) is 5.15. The Kier molecular flexibility index (Phi) is 3.94. The van der Waals surface area contributed by atoms with Crippen molar-refractivity contribution in [2.45, 2.75) is 26.2 Å². The number of carbonyl (C=O) groups excluding carboxylic acids is 1. The average molecular weight is 338 g/mol. The number of hydrogen-bond acceptors (Lipinski definition) is 4. The number of unbranched alkanes of at least 4 members (excludes halogenated alkanes) is 1. The topological polar surface area (TPSA) is 44.1 Å². The molecule has 4 nitrogen and oxygen atoms in total. The summed E-state index contributed by atoms with van der Waals surface area (Å²) < 4.78 is 6.85. The Morgan fingerprint density at radius 2 is 2.17 bits per heavy atom. The Hall–Kier alpha value is -2.40. The first kappa shape index (κ1) is 15.1. The minimum Gasteiger partial charge on any atom is -0.448 e. The van der Waals surface area contributed by atoms with Crippen molar-refractivity contribution in [1.29, 1.82) is 0 Å². The molecule has 24 heavy (non-hydrogen) atoms. The van der Waals surface area contributed by atoms with Crippen LogP contribution in [0.3, 0.4) is 0 Å². The number of benzene rings is 1. The van der Waals surface area contributed by atoms with Gasteiger partial charge in [0.2, 0.25) is 0 Å². The number of carbonyl (C=O) groups is 1. The van der Waals surface area contributed by atoms with Gasteiger partial charge in [0.15, 0.2) is 0 Å². The van der Waals surface area contributed by atoms with Crippen molar-refractivity contribution < 1.29 is 9.53 Å². The molecule has 2 heterocycles. The molecule has 0 N–H and O–H groups in total. The molecule has 3 aromatic rings. The Bertz CT molecular complexity index is 881. The van der Waals surface area contributed by atoms with Crippen molar-refractivity contribution in [3.63, 3.8) is 0 Å². The summed E-state index contributed by atoms with van der Waals surface area (Å²) in [6.45, 7) is 2.50. The van der Waals surface area contributed by atoms with Crippen LogP contribution in [0.4, 0.5) is 4.79 Å². The molecular weight excluding hydrogens is 320 g/mol. The molecule has 0 bridgehead atoms. The molecule has 0 amide bonds. The van der Waals surface area contributed by atoms with Crippen molar-refractivity contribution in [1.82, 2.24) is 9.78 Å². The fourth-order valence-corrected chi connectivity index (χ4v) is 3.84. The van der Waals surface area contributed by atoms with Gasteiger partial charge in [0.25, 0.3) is 0 Å². The largest absolute Gasteiger partial charge is 0.448 e. The lowest BCUT2D eigenvalue weighted by Crippen LogP contribution is -2.17. The lowest BCUT2D eigenvalue weighted by molar-refractivity contribution is 0.143. The van der Waals surface area contributed by atoms with Crippen LogP contribution >= 0.6 is 11.3 Å². The van der Waals surface area contributed by atoms with Crippen molar-refractivity contribution in [2.75, 3.05) is 6.61 Å². The zero-order valence-electron chi connectivity index (χ0n) is 13.5. The molecule has 1 aliphatic carbocycles. The number of rotatable bonds is 4. The highest BCUT2D eigenvalue weighted by Gasteiger charge is 2.31. The molecule has 1 aliphatic rings. The third kappa shape index (κ3) is 2.45. The SMILES string of the molecule is CCCCOC(=O)n1nc(-c2cccs2)c2c1-c1ccccc1C2. The maximum atomic E-state index is 12.6. The third-order valence-electron chi connectivity index (χ3n) is 4.27. The van der Waals surface area contributed by atoms with Crippen molar-refractivity contribution >= 4 is 17.4 Å². The van der Waals surface area contributed by atoms with E-state index in [1.165, 1.54) is 10.2 Å². The standard InChI is InChI=1S/C19H18N2O2S/c1-2-3-10-23-19(22)21-18-14-8-5-4-7-13(14)12-15(18)17(20-21)16-9-6-11-24-16/h4-9,11H,2-3,10,12H2,1H3. The van der Waals surface area contributed by atoms with E-state index in [4.69, 9.17) is 4.74 Å². The molecule has 0 unspecified atom stereocenters. The maximum absolute atomic E-state index is 12.6. The van der Waals surface area contributed by atoms with E-state index in [0.29, 0.717) is 6.61 Å². The summed E-state index contributed by atoms with van der Waals surface area (Å²) in [6.07, 6.45) is 2.28. The Labute approximate surface area is 144 Å². The second-order valence-electron chi connectivity index (χ2n) is 5.87. The normalized spacial score (nSPS) is 12.0. The Morgan fingerprint density at radius 1 is 1.29 bits per heavy atom. The predicted octanol–water partition coefficient (Wildman–Crippen LogP) is 4.97. The van der Waals surface area contributed by atoms with E-state index in [0.717, 1.165) is 46.7 Å². The molecule has 122 valence electrons. The molecule has 4 rings (SSSR count). The zero-order valence-corrected chi connectivity index (χ0v) is 14.3. The Morgan fingerprint density at radius 3 is 2.96 bits per heavy atom. The van der Waals surface area contributed by atoms with Gasteiger partial charge >= 0.3 is 6.09 Å². The van der Waals surface area contributed by atoms with Crippen LogP contribution in [0.2, 0.25) is 0 Å². The lowest BCUT2D eigenvalue weighted by atomic mass is 10.1. The summed E-state index contributed by atoms with van der Waals surface area (Å²) in [5, 5.41) is 6.63. The first-order valence-electron chi connectivity index (χ1n) is 8.20. The molecule has 0 fully saturated rings. The minimum absolute atomic E-state index is 0.390. The summed E-state index contributed by atoms with van der Waals surface area (Å²) >= 11 is 1.64. The van der Waals surface area contributed by atoms with Gasteiger partial charge in [0.1, 0.15) is 5.69 Å². The molecule has 0 saturated heterocycles. The molecule has 0 saturated carbocycles. The summed E-state index contributed by atoms with van der Waals surface area (Å²) in [4.78, 5) is 13.6. The van der Waals surface area contributed by atoms with E-state index in [2.05, 4.69) is 24.2 Å². The van der Waals surface area contributed by atoms with Gasteiger partial charge in [0.05, 0.1) is 17.2 Å². The lowest BCUT2D eigenvalue weighted by Gasteiger charge is -2.07. The summed E-state index contributed by atoms with van der Waals surface area (Å²) in [5.74, 6) is 0. The fraction of sp³-hybridized carbons (Fsp3) is 0.263. The summed E-state index contributed by atoms with van der Waals surface area (Å²) in [6, 6.07) is 12.2. The van der Waals surface area contributed by atoms with E-state index < -0.39 is 0 Å². The van der Waals surface area contributed by atoms with Crippen molar-refractivity contribution in [3.05, 3.63) is 52.9 Å². The van der Waals surface area contributed by atoms with Crippen LogP contribution in [0.25, 0.3) is 21.8 Å². The van der Waals surface area contributed by atoms with Gasteiger partial charge in [-0.25, -0.2) is 4.79 Å². The van der Waals surface area contributed by atoms with Crippen LogP contribution < -0.4 is 0 Å². The first-order valence-corrected chi connectivity index (χ1v) is 9.08. The minimum atomic E-state index is -0.390. The van der Waals surface area contributed by atoms with E-state index >= 15 is 0 Å². The molecule has 0 spiro atoms. The van der Waals surface area contributed by atoms with E-state index in [-0.39, 0.29) is 6.09 Å². The van der Waals surface area contributed by atoms with E-state index in [9.17, 15) is 4.79 Å². The van der Waals surface area contributed by atoms with Gasteiger partial charge in [-0.1, -0.05) is 43.7 Å².